The summed E-state index contributed by atoms with van der Waals surface area (Å²) in [6, 6.07) is 7.34. The molecule has 5 nitrogen and oxygen atoms in total. The molecule has 0 atom stereocenters. The van der Waals surface area contributed by atoms with Crippen molar-refractivity contribution < 1.29 is 27.2 Å². The van der Waals surface area contributed by atoms with Crippen LogP contribution in [-0.4, -0.2) is 11.8 Å². The summed E-state index contributed by atoms with van der Waals surface area (Å²) < 4.78 is 42.7. The van der Waals surface area contributed by atoms with E-state index in [9.17, 15) is 22.8 Å². The molecule has 0 saturated carbocycles. The predicted molar refractivity (Wildman–Crippen MR) is 84.4 cm³/mol. The van der Waals surface area contributed by atoms with E-state index in [0.29, 0.717) is 5.76 Å². The number of amides is 2. The van der Waals surface area contributed by atoms with Crippen molar-refractivity contribution in [1.29, 1.82) is 0 Å². The standard InChI is InChI=1S/C17H17F3N2O3/c1-16(2,14(23)21-10-13-4-3-9-25-13)15(24)22-12-7-5-11(6-8-12)17(18,19)20/h3-9H,10H2,1-2H3,(H,21,23)(H,22,24). The molecule has 0 saturated heterocycles. The first-order valence-corrected chi connectivity index (χ1v) is 7.40. The van der Waals surface area contributed by atoms with Gasteiger partial charge in [0.05, 0.1) is 18.4 Å². The maximum absolute atomic E-state index is 12.5. The Labute approximate surface area is 142 Å². The molecule has 8 heteroatoms. The molecule has 2 aromatic rings. The largest absolute Gasteiger partial charge is 0.467 e. The molecule has 0 unspecified atom stereocenters. The zero-order valence-corrected chi connectivity index (χ0v) is 13.6. The maximum atomic E-state index is 12.5. The first-order chi connectivity index (χ1) is 11.6. The van der Waals surface area contributed by atoms with Gasteiger partial charge in [-0.15, -0.1) is 0 Å². The lowest BCUT2D eigenvalue weighted by Crippen LogP contribution is -2.44. The molecule has 0 aliphatic carbocycles. The summed E-state index contributed by atoms with van der Waals surface area (Å²) in [6.07, 6.45) is -2.99. The fourth-order valence-electron chi connectivity index (χ4n) is 1.93. The minimum atomic E-state index is -4.45. The minimum Gasteiger partial charge on any atom is -0.467 e. The molecule has 0 fully saturated rings. The van der Waals surface area contributed by atoms with Crippen LogP contribution in [0.25, 0.3) is 0 Å². The van der Waals surface area contributed by atoms with E-state index in [1.54, 1.807) is 12.1 Å². The van der Waals surface area contributed by atoms with Crippen LogP contribution >= 0.6 is 0 Å². The maximum Gasteiger partial charge on any atom is 0.416 e. The summed E-state index contributed by atoms with van der Waals surface area (Å²) in [6.45, 7) is 2.97. The molecule has 25 heavy (non-hydrogen) atoms. The summed E-state index contributed by atoms with van der Waals surface area (Å²) in [5.41, 5.74) is -2.07. The van der Waals surface area contributed by atoms with Crippen molar-refractivity contribution in [2.75, 3.05) is 5.32 Å². The Kier molecular flexibility index (Phi) is 5.20. The molecule has 2 amide bonds. The summed E-state index contributed by atoms with van der Waals surface area (Å²) in [5.74, 6) is -0.634. The Balaban J connectivity index is 1.99. The van der Waals surface area contributed by atoms with Crippen molar-refractivity contribution in [2.45, 2.75) is 26.6 Å². The highest BCUT2D eigenvalue weighted by molar-refractivity contribution is 6.09. The number of carbonyl (C=O) groups is 2. The summed E-state index contributed by atoms with van der Waals surface area (Å²) in [7, 11) is 0. The Morgan fingerprint density at radius 3 is 2.20 bits per heavy atom. The Hall–Kier alpha value is -2.77. The molecule has 0 aliphatic heterocycles. The van der Waals surface area contributed by atoms with Crippen LogP contribution < -0.4 is 10.6 Å². The van der Waals surface area contributed by atoms with Crippen LogP contribution in [0.4, 0.5) is 18.9 Å². The van der Waals surface area contributed by atoms with E-state index in [4.69, 9.17) is 4.42 Å². The van der Waals surface area contributed by atoms with E-state index >= 15 is 0 Å². The Bertz CT molecular complexity index is 735. The highest BCUT2D eigenvalue weighted by Gasteiger charge is 2.36. The number of furan rings is 1. The van der Waals surface area contributed by atoms with Crippen molar-refractivity contribution in [1.82, 2.24) is 5.32 Å². The lowest BCUT2D eigenvalue weighted by molar-refractivity contribution is -0.139. The van der Waals surface area contributed by atoms with Crippen molar-refractivity contribution in [3.8, 4) is 0 Å². The molecule has 1 aromatic carbocycles. The van der Waals surface area contributed by atoms with Crippen LogP contribution in [0.1, 0.15) is 25.2 Å². The minimum absolute atomic E-state index is 0.128. The van der Waals surface area contributed by atoms with Gasteiger partial charge in [0.2, 0.25) is 11.8 Å². The summed E-state index contributed by atoms with van der Waals surface area (Å²) >= 11 is 0. The molecule has 0 spiro atoms. The lowest BCUT2D eigenvalue weighted by atomic mass is 9.91. The second-order valence-corrected chi connectivity index (χ2v) is 5.92. The van der Waals surface area contributed by atoms with Crippen LogP contribution in [0.2, 0.25) is 0 Å². The topological polar surface area (TPSA) is 71.3 Å². The molecule has 0 radical (unpaired) electrons. The number of rotatable bonds is 5. The van der Waals surface area contributed by atoms with Crippen LogP contribution in [0.3, 0.4) is 0 Å². The van der Waals surface area contributed by atoms with Gasteiger partial charge in [-0.1, -0.05) is 0 Å². The van der Waals surface area contributed by atoms with Crippen LogP contribution in [0.5, 0.6) is 0 Å². The molecule has 2 rings (SSSR count). The monoisotopic (exact) mass is 354 g/mol. The highest BCUT2D eigenvalue weighted by Crippen LogP contribution is 2.30. The zero-order chi connectivity index (χ0) is 18.7. The third-order valence-electron chi connectivity index (χ3n) is 3.61. The number of anilines is 1. The number of alkyl halides is 3. The van der Waals surface area contributed by atoms with Gasteiger partial charge in [-0.25, -0.2) is 0 Å². The van der Waals surface area contributed by atoms with Crippen LogP contribution in [-0.2, 0) is 22.3 Å². The fraction of sp³-hybridized carbons (Fsp3) is 0.294. The Morgan fingerprint density at radius 2 is 1.68 bits per heavy atom. The highest BCUT2D eigenvalue weighted by atomic mass is 19.4. The predicted octanol–water partition coefficient (Wildman–Crippen LogP) is 3.58. The number of hydrogen-bond donors (Lipinski definition) is 2. The molecule has 1 aromatic heterocycles. The second kappa shape index (κ2) is 7.00. The van der Waals surface area contributed by atoms with Gasteiger partial charge in [0.25, 0.3) is 0 Å². The van der Waals surface area contributed by atoms with Gasteiger partial charge in [0.1, 0.15) is 11.2 Å². The van der Waals surface area contributed by atoms with E-state index < -0.39 is 29.0 Å². The first kappa shape index (κ1) is 18.6. The van der Waals surface area contributed by atoms with Crippen LogP contribution in [0, 0.1) is 5.41 Å². The van der Waals surface area contributed by atoms with Crippen molar-refractivity contribution in [2.24, 2.45) is 5.41 Å². The van der Waals surface area contributed by atoms with E-state index in [0.717, 1.165) is 24.3 Å². The normalized spacial score (nSPS) is 11.9. The third-order valence-corrected chi connectivity index (χ3v) is 3.61. The van der Waals surface area contributed by atoms with Gasteiger partial charge in [-0.2, -0.15) is 13.2 Å². The SMILES string of the molecule is CC(C)(C(=O)NCc1ccco1)C(=O)Nc1ccc(C(F)(F)F)cc1. The van der Waals surface area contributed by atoms with Gasteiger partial charge in [-0.3, -0.25) is 9.59 Å². The van der Waals surface area contributed by atoms with Gasteiger partial charge < -0.3 is 15.1 Å². The Morgan fingerprint density at radius 1 is 1.04 bits per heavy atom. The number of carbonyl (C=O) groups excluding carboxylic acids is 2. The molecular formula is C17H17F3N2O3. The third kappa shape index (κ3) is 4.62. The van der Waals surface area contributed by atoms with Gasteiger partial charge in [0, 0.05) is 5.69 Å². The first-order valence-electron chi connectivity index (χ1n) is 7.40. The average molecular weight is 354 g/mol. The smallest absolute Gasteiger partial charge is 0.416 e. The molecule has 1 heterocycles. The van der Waals surface area contributed by atoms with Crippen molar-refractivity contribution in [3.63, 3.8) is 0 Å². The molecule has 2 N–H and O–H groups in total. The van der Waals surface area contributed by atoms with E-state index in [-0.39, 0.29) is 12.2 Å². The number of halogens is 3. The van der Waals surface area contributed by atoms with Gasteiger partial charge >= 0.3 is 6.18 Å². The number of hydrogen-bond acceptors (Lipinski definition) is 3. The van der Waals surface area contributed by atoms with Crippen LogP contribution in [0.15, 0.2) is 47.1 Å². The molecular weight excluding hydrogens is 337 g/mol. The number of benzene rings is 1. The quantitative estimate of drug-likeness (QED) is 0.806. The average Bonchev–Trinajstić information content (AvgIpc) is 3.05. The van der Waals surface area contributed by atoms with Crippen molar-refractivity contribution >= 4 is 17.5 Å². The van der Waals surface area contributed by atoms with E-state index in [1.165, 1.54) is 20.1 Å². The fourth-order valence-corrected chi connectivity index (χ4v) is 1.93. The van der Waals surface area contributed by atoms with Gasteiger partial charge in [-0.05, 0) is 50.2 Å². The second-order valence-electron chi connectivity index (χ2n) is 5.92. The molecule has 0 aliphatic rings. The number of nitrogens with one attached hydrogen (secondary N) is 2. The summed E-state index contributed by atoms with van der Waals surface area (Å²) in [5, 5.41) is 5.02. The zero-order valence-electron chi connectivity index (χ0n) is 13.6. The summed E-state index contributed by atoms with van der Waals surface area (Å²) in [4.78, 5) is 24.5. The molecule has 0 bridgehead atoms. The van der Waals surface area contributed by atoms with Gasteiger partial charge in [0.15, 0.2) is 0 Å². The lowest BCUT2D eigenvalue weighted by Gasteiger charge is -2.22. The van der Waals surface area contributed by atoms with E-state index in [1.807, 2.05) is 0 Å². The van der Waals surface area contributed by atoms with E-state index in [2.05, 4.69) is 10.6 Å². The van der Waals surface area contributed by atoms with Crippen molar-refractivity contribution in [3.05, 3.63) is 54.0 Å². The molecule has 134 valence electrons.